The first-order valence-electron chi connectivity index (χ1n) is 11.8. The van der Waals surface area contributed by atoms with Gasteiger partial charge in [0.05, 0.1) is 0 Å². The fraction of sp³-hybridized carbons (Fsp3) is 0.379. The van der Waals surface area contributed by atoms with Crippen molar-refractivity contribution in [3.63, 3.8) is 0 Å². The molecule has 1 aliphatic rings. The van der Waals surface area contributed by atoms with Crippen LogP contribution in [0.5, 0.6) is 0 Å². The standard InChI is InChI=1S/C29H31F3/c1-20(24-5-3-2-4-6-24)17-23-11-9-21(10-12-23)7-8-22-13-15-25(16-14-22)26-18-27(30)29(32)28(31)19-26/h2-6,13-16,18-21,23H,7-12,17H2,1H3/t20-,21?,23?/m0/s1. The van der Waals surface area contributed by atoms with Crippen molar-refractivity contribution >= 4 is 0 Å². The molecule has 0 nitrogen and oxygen atoms in total. The lowest BCUT2D eigenvalue weighted by Gasteiger charge is -2.30. The second kappa shape index (κ2) is 10.4. The number of halogens is 3. The zero-order valence-electron chi connectivity index (χ0n) is 18.7. The van der Waals surface area contributed by atoms with Crippen molar-refractivity contribution in [3.05, 3.63) is 95.3 Å². The van der Waals surface area contributed by atoms with Gasteiger partial charge in [-0.15, -0.1) is 0 Å². The lowest BCUT2D eigenvalue weighted by Crippen LogP contribution is -2.16. The molecule has 0 aliphatic heterocycles. The smallest absolute Gasteiger partial charge is 0.194 e. The molecule has 3 aromatic rings. The average Bonchev–Trinajstić information content (AvgIpc) is 2.82. The third kappa shape index (κ3) is 5.62. The summed E-state index contributed by atoms with van der Waals surface area (Å²) >= 11 is 0. The fourth-order valence-electron chi connectivity index (χ4n) is 5.13. The van der Waals surface area contributed by atoms with Crippen LogP contribution in [0.1, 0.15) is 62.5 Å². The molecule has 1 aliphatic carbocycles. The van der Waals surface area contributed by atoms with Crippen LogP contribution in [-0.2, 0) is 6.42 Å². The van der Waals surface area contributed by atoms with Gasteiger partial charge in [-0.25, -0.2) is 13.2 Å². The highest BCUT2D eigenvalue weighted by molar-refractivity contribution is 5.63. The van der Waals surface area contributed by atoms with Gasteiger partial charge in [-0.1, -0.05) is 87.2 Å². The maximum atomic E-state index is 13.5. The van der Waals surface area contributed by atoms with Crippen molar-refractivity contribution < 1.29 is 13.2 Å². The molecule has 3 aromatic carbocycles. The largest absolute Gasteiger partial charge is 0.204 e. The van der Waals surface area contributed by atoms with Crippen LogP contribution in [0.2, 0.25) is 0 Å². The second-order valence-corrected chi connectivity index (χ2v) is 9.42. The Morgan fingerprint density at radius 1 is 0.750 bits per heavy atom. The molecule has 0 unspecified atom stereocenters. The van der Waals surface area contributed by atoms with E-state index in [0.29, 0.717) is 17.0 Å². The molecule has 0 radical (unpaired) electrons. The molecule has 0 bridgehead atoms. The van der Waals surface area contributed by atoms with E-state index in [1.807, 2.05) is 24.3 Å². The lowest BCUT2D eigenvalue weighted by molar-refractivity contribution is 0.245. The van der Waals surface area contributed by atoms with Gasteiger partial charge in [0.1, 0.15) is 0 Å². The number of aryl methyl sites for hydroxylation is 1. The SMILES string of the molecule is C[C@@H](CC1CCC(CCc2ccc(-c3cc(F)c(F)c(F)c3)cc2)CC1)c1ccccc1. The van der Waals surface area contributed by atoms with Crippen LogP contribution in [-0.4, -0.2) is 0 Å². The van der Waals surface area contributed by atoms with Crippen molar-refractivity contribution in [3.8, 4) is 11.1 Å². The maximum absolute atomic E-state index is 13.5. The molecule has 0 amide bonds. The van der Waals surface area contributed by atoms with E-state index in [-0.39, 0.29) is 0 Å². The zero-order valence-corrected chi connectivity index (χ0v) is 18.7. The summed E-state index contributed by atoms with van der Waals surface area (Å²) in [5, 5.41) is 0. The first-order chi connectivity index (χ1) is 15.5. The lowest BCUT2D eigenvalue weighted by atomic mass is 9.75. The van der Waals surface area contributed by atoms with Gasteiger partial charge in [0, 0.05) is 0 Å². The van der Waals surface area contributed by atoms with Gasteiger partial charge in [-0.3, -0.25) is 0 Å². The first-order valence-corrected chi connectivity index (χ1v) is 11.8. The fourth-order valence-corrected chi connectivity index (χ4v) is 5.13. The van der Waals surface area contributed by atoms with E-state index < -0.39 is 17.5 Å². The minimum Gasteiger partial charge on any atom is -0.204 e. The van der Waals surface area contributed by atoms with Gasteiger partial charge in [0.25, 0.3) is 0 Å². The second-order valence-electron chi connectivity index (χ2n) is 9.42. The van der Waals surface area contributed by atoms with Crippen molar-refractivity contribution in [2.75, 3.05) is 0 Å². The van der Waals surface area contributed by atoms with Crippen molar-refractivity contribution in [2.45, 2.75) is 57.8 Å². The molecule has 168 valence electrons. The summed E-state index contributed by atoms with van der Waals surface area (Å²) in [7, 11) is 0. The maximum Gasteiger partial charge on any atom is 0.194 e. The molecule has 3 heteroatoms. The van der Waals surface area contributed by atoms with E-state index in [0.717, 1.165) is 30.4 Å². The van der Waals surface area contributed by atoms with Gasteiger partial charge in [0.15, 0.2) is 17.5 Å². The summed E-state index contributed by atoms with van der Waals surface area (Å²) in [6, 6.07) is 20.7. The highest BCUT2D eigenvalue weighted by Crippen LogP contribution is 2.37. The molecule has 0 heterocycles. The Morgan fingerprint density at radius 2 is 1.34 bits per heavy atom. The van der Waals surface area contributed by atoms with Gasteiger partial charge in [0.2, 0.25) is 0 Å². The topological polar surface area (TPSA) is 0 Å². The molecule has 32 heavy (non-hydrogen) atoms. The van der Waals surface area contributed by atoms with Crippen LogP contribution in [0, 0.1) is 29.3 Å². The Morgan fingerprint density at radius 3 is 1.97 bits per heavy atom. The zero-order chi connectivity index (χ0) is 22.5. The van der Waals surface area contributed by atoms with E-state index in [2.05, 4.69) is 37.3 Å². The van der Waals surface area contributed by atoms with Crippen LogP contribution in [0.15, 0.2) is 66.7 Å². The van der Waals surface area contributed by atoms with Crippen LogP contribution in [0.25, 0.3) is 11.1 Å². The van der Waals surface area contributed by atoms with Crippen LogP contribution >= 0.6 is 0 Å². The van der Waals surface area contributed by atoms with E-state index in [9.17, 15) is 13.2 Å². The molecular formula is C29H31F3. The molecule has 4 rings (SSSR count). The predicted octanol–water partition coefficient (Wildman–Crippen LogP) is 8.70. The van der Waals surface area contributed by atoms with Gasteiger partial charge < -0.3 is 0 Å². The molecule has 0 spiro atoms. The molecule has 1 saturated carbocycles. The summed E-state index contributed by atoms with van der Waals surface area (Å²) < 4.78 is 40.2. The molecule has 0 aromatic heterocycles. The Labute approximate surface area is 189 Å². The third-order valence-corrected chi connectivity index (χ3v) is 7.13. The van der Waals surface area contributed by atoms with Gasteiger partial charge in [-0.2, -0.15) is 0 Å². The van der Waals surface area contributed by atoms with Crippen LogP contribution < -0.4 is 0 Å². The first kappa shape index (κ1) is 22.6. The molecule has 0 N–H and O–H groups in total. The minimum absolute atomic E-state index is 0.357. The van der Waals surface area contributed by atoms with Gasteiger partial charge in [-0.05, 0) is 71.4 Å². The number of rotatable bonds is 7. The van der Waals surface area contributed by atoms with Crippen molar-refractivity contribution in [2.24, 2.45) is 11.8 Å². The summed E-state index contributed by atoms with van der Waals surface area (Å²) in [4.78, 5) is 0. The normalized spacial score (nSPS) is 19.6. The average molecular weight is 437 g/mol. The summed E-state index contributed by atoms with van der Waals surface area (Å²) in [5.41, 5.74) is 3.73. The van der Waals surface area contributed by atoms with Crippen LogP contribution in [0.4, 0.5) is 13.2 Å². The highest BCUT2D eigenvalue weighted by atomic mass is 19.2. The van der Waals surface area contributed by atoms with E-state index in [1.54, 1.807) is 0 Å². The summed E-state index contributed by atoms with van der Waals surface area (Å²) in [6.45, 7) is 2.35. The van der Waals surface area contributed by atoms with Crippen molar-refractivity contribution in [1.82, 2.24) is 0 Å². The van der Waals surface area contributed by atoms with E-state index >= 15 is 0 Å². The van der Waals surface area contributed by atoms with Gasteiger partial charge >= 0.3 is 0 Å². The van der Waals surface area contributed by atoms with Crippen LogP contribution in [0.3, 0.4) is 0 Å². The Kier molecular flexibility index (Phi) is 7.34. The quantitative estimate of drug-likeness (QED) is 0.325. The number of hydrogen-bond donors (Lipinski definition) is 0. The minimum atomic E-state index is -1.42. The number of benzene rings is 3. The monoisotopic (exact) mass is 436 g/mol. The van der Waals surface area contributed by atoms with Crippen molar-refractivity contribution in [1.29, 1.82) is 0 Å². The predicted molar refractivity (Wildman–Crippen MR) is 125 cm³/mol. The highest BCUT2D eigenvalue weighted by Gasteiger charge is 2.23. The Hall–Kier alpha value is -2.55. The Bertz CT molecular complexity index is 979. The summed E-state index contributed by atoms with van der Waals surface area (Å²) in [6.07, 6.45) is 8.73. The summed E-state index contributed by atoms with van der Waals surface area (Å²) in [5.74, 6) is -1.50. The van der Waals surface area contributed by atoms with E-state index in [4.69, 9.17) is 0 Å². The Balaban J connectivity index is 1.24. The third-order valence-electron chi connectivity index (χ3n) is 7.13. The number of hydrogen-bond acceptors (Lipinski definition) is 0. The molecule has 0 saturated heterocycles. The molecular weight excluding hydrogens is 405 g/mol. The molecule has 1 atom stereocenters. The van der Waals surface area contributed by atoms with E-state index in [1.165, 1.54) is 49.7 Å². The molecule has 1 fully saturated rings.